The third-order valence-electron chi connectivity index (χ3n) is 4.54. The van der Waals surface area contributed by atoms with E-state index in [9.17, 15) is 13.2 Å². The average Bonchev–Trinajstić information content (AvgIpc) is 3.24. The largest absolute Gasteiger partial charge is 0.419 e. The number of hydrogen-bond acceptors (Lipinski definition) is 6. The zero-order valence-electron chi connectivity index (χ0n) is 14.2. The fourth-order valence-electron chi connectivity index (χ4n) is 3.16. The van der Waals surface area contributed by atoms with E-state index in [0.717, 1.165) is 31.6 Å². The molecule has 0 atom stereocenters. The number of oxazole rings is 1. The van der Waals surface area contributed by atoms with E-state index in [4.69, 9.17) is 4.42 Å². The molecule has 9 heteroatoms. The monoisotopic (exact) mass is 374 g/mol. The number of pyridine rings is 1. The van der Waals surface area contributed by atoms with Gasteiger partial charge in [-0.15, -0.1) is 0 Å². The lowest BCUT2D eigenvalue weighted by atomic mass is 10.3. The van der Waals surface area contributed by atoms with Crippen LogP contribution in [0, 0.1) is 0 Å². The van der Waals surface area contributed by atoms with Crippen molar-refractivity contribution in [3.63, 3.8) is 0 Å². The van der Waals surface area contributed by atoms with Gasteiger partial charge < -0.3 is 9.32 Å². The van der Waals surface area contributed by atoms with Crippen molar-refractivity contribution in [2.75, 3.05) is 22.7 Å². The first-order valence-electron chi connectivity index (χ1n) is 8.28. The van der Waals surface area contributed by atoms with Gasteiger partial charge in [-0.05, 0) is 37.1 Å². The van der Waals surface area contributed by atoms with E-state index in [-0.39, 0.29) is 10.5 Å². The van der Waals surface area contributed by atoms with Gasteiger partial charge in [-0.25, -0.2) is 18.2 Å². The van der Waals surface area contributed by atoms with Gasteiger partial charge in [-0.3, -0.25) is 9.29 Å². The van der Waals surface area contributed by atoms with Crippen LogP contribution < -0.4 is 15.4 Å². The number of anilines is 2. The van der Waals surface area contributed by atoms with Gasteiger partial charge in [0.05, 0.1) is 16.1 Å². The van der Waals surface area contributed by atoms with Gasteiger partial charge in [0.15, 0.2) is 11.4 Å². The lowest BCUT2D eigenvalue weighted by Gasteiger charge is -2.20. The van der Waals surface area contributed by atoms with Crippen molar-refractivity contribution in [3.05, 3.63) is 47.1 Å². The number of fused-ring (bicyclic) bond motifs is 1. The average molecular weight is 374 g/mol. The van der Waals surface area contributed by atoms with Crippen LogP contribution in [0.3, 0.4) is 0 Å². The van der Waals surface area contributed by atoms with Gasteiger partial charge in [0.25, 0.3) is 10.0 Å². The maximum atomic E-state index is 12.8. The number of rotatable bonds is 4. The third-order valence-corrected chi connectivity index (χ3v) is 5.87. The molecule has 0 radical (unpaired) electrons. The van der Waals surface area contributed by atoms with Crippen molar-refractivity contribution >= 4 is 32.6 Å². The molecule has 136 valence electrons. The van der Waals surface area contributed by atoms with Crippen LogP contribution in [-0.2, 0) is 17.1 Å². The van der Waals surface area contributed by atoms with Crippen molar-refractivity contribution in [1.82, 2.24) is 9.55 Å². The Labute approximate surface area is 150 Å². The minimum absolute atomic E-state index is 0.0115. The Morgan fingerprint density at radius 2 is 1.96 bits per heavy atom. The number of nitrogens with zero attached hydrogens (tertiary/aromatic N) is 3. The number of aromatic nitrogens is 2. The molecule has 2 aromatic heterocycles. The second-order valence-corrected chi connectivity index (χ2v) is 7.91. The van der Waals surface area contributed by atoms with E-state index in [1.165, 1.54) is 16.7 Å². The highest BCUT2D eigenvalue weighted by Gasteiger charge is 2.22. The maximum Gasteiger partial charge on any atom is 0.419 e. The molecule has 0 unspecified atom stereocenters. The Hall–Kier alpha value is -2.81. The molecule has 0 saturated carbocycles. The molecule has 0 bridgehead atoms. The Bertz CT molecular complexity index is 1130. The number of benzene rings is 1. The summed E-state index contributed by atoms with van der Waals surface area (Å²) in [6, 6.07) is 7.98. The van der Waals surface area contributed by atoms with Gasteiger partial charge >= 0.3 is 5.76 Å². The molecule has 1 aromatic carbocycles. The van der Waals surface area contributed by atoms with E-state index in [1.54, 1.807) is 25.4 Å². The minimum atomic E-state index is -3.87. The summed E-state index contributed by atoms with van der Waals surface area (Å²) < 4.78 is 34.6. The number of sulfonamides is 1. The number of aryl methyl sites for hydroxylation is 1. The zero-order chi connectivity index (χ0) is 18.3. The Balaban J connectivity index is 1.71. The summed E-state index contributed by atoms with van der Waals surface area (Å²) >= 11 is 0. The van der Waals surface area contributed by atoms with E-state index in [2.05, 4.69) is 14.6 Å². The van der Waals surface area contributed by atoms with Gasteiger partial charge in [0.2, 0.25) is 0 Å². The van der Waals surface area contributed by atoms with Crippen LogP contribution in [0.25, 0.3) is 11.1 Å². The van der Waals surface area contributed by atoms with Gasteiger partial charge in [0.1, 0.15) is 0 Å². The molecule has 0 amide bonds. The topological polar surface area (TPSA) is 97.4 Å². The first-order chi connectivity index (χ1) is 12.5. The summed E-state index contributed by atoms with van der Waals surface area (Å²) in [6.07, 6.45) is 3.70. The smallest absolute Gasteiger partial charge is 0.408 e. The van der Waals surface area contributed by atoms with Crippen molar-refractivity contribution in [1.29, 1.82) is 0 Å². The predicted octanol–water partition coefficient (Wildman–Crippen LogP) is 1.93. The molecule has 3 aromatic rings. The zero-order valence-corrected chi connectivity index (χ0v) is 15.0. The third kappa shape index (κ3) is 2.84. The van der Waals surface area contributed by atoms with Crippen LogP contribution in [0.5, 0.6) is 0 Å². The number of nitrogens with one attached hydrogen (secondary N) is 1. The second-order valence-electron chi connectivity index (χ2n) is 6.23. The maximum absolute atomic E-state index is 12.8. The van der Waals surface area contributed by atoms with Crippen LogP contribution in [0.15, 0.2) is 50.6 Å². The van der Waals surface area contributed by atoms with E-state index in [0.29, 0.717) is 11.3 Å². The minimum Gasteiger partial charge on any atom is -0.408 e. The molecule has 3 heterocycles. The van der Waals surface area contributed by atoms with Crippen LogP contribution in [-0.4, -0.2) is 31.1 Å². The summed E-state index contributed by atoms with van der Waals surface area (Å²) in [6.45, 7) is 1.75. The first kappa shape index (κ1) is 16.6. The first-order valence-corrected chi connectivity index (χ1v) is 9.76. The molecule has 0 aliphatic carbocycles. The summed E-state index contributed by atoms with van der Waals surface area (Å²) in [4.78, 5) is 17.9. The SMILES string of the molecule is Cn1c(=O)oc2cc(S(=O)(=O)Nc3ncccc3N3CCCC3)ccc21. The lowest BCUT2D eigenvalue weighted by molar-refractivity contribution is 0.527. The van der Waals surface area contributed by atoms with Gasteiger partial charge in [-0.2, -0.15) is 0 Å². The summed E-state index contributed by atoms with van der Waals surface area (Å²) in [5.74, 6) is -0.243. The molecule has 4 rings (SSSR count). The lowest BCUT2D eigenvalue weighted by Crippen LogP contribution is -2.22. The van der Waals surface area contributed by atoms with E-state index >= 15 is 0 Å². The summed E-state index contributed by atoms with van der Waals surface area (Å²) in [5, 5.41) is 0. The highest BCUT2D eigenvalue weighted by Crippen LogP contribution is 2.29. The molecule has 26 heavy (non-hydrogen) atoms. The van der Waals surface area contributed by atoms with Crippen molar-refractivity contribution < 1.29 is 12.8 Å². The highest BCUT2D eigenvalue weighted by atomic mass is 32.2. The summed E-state index contributed by atoms with van der Waals surface area (Å²) in [5.41, 5.74) is 1.52. The van der Waals surface area contributed by atoms with Gasteiger partial charge in [-0.1, -0.05) is 0 Å². The molecule has 8 nitrogen and oxygen atoms in total. The van der Waals surface area contributed by atoms with Crippen LogP contribution in [0.4, 0.5) is 11.5 Å². The van der Waals surface area contributed by atoms with Crippen molar-refractivity contribution in [3.8, 4) is 0 Å². The molecule has 0 spiro atoms. The highest BCUT2D eigenvalue weighted by molar-refractivity contribution is 7.92. The van der Waals surface area contributed by atoms with E-state index < -0.39 is 15.8 Å². The van der Waals surface area contributed by atoms with Crippen LogP contribution in [0.2, 0.25) is 0 Å². The molecule has 1 fully saturated rings. The Morgan fingerprint density at radius 3 is 2.73 bits per heavy atom. The second kappa shape index (κ2) is 6.17. The van der Waals surface area contributed by atoms with Gasteiger partial charge in [0, 0.05) is 32.4 Å². The standard InChI is InChI=1S/C17H18N4O4S/c1-20-13-7-6-12(11-15(13)25-17(20)22)26(23,24)19-16-14(5-4-8-18-16)21-9-2-3-10-21/h4-8,11H,2-3,9-10H2,1H3,(H,18,19). The molecule has 1 N–H and O–H groups in total. The predicted molar refractivity (Wildman–Crippen MR) is 97.9 cm³/mol. The molecular formula is C17H18N4O4S. The van der Waals surface area contributed by atoms with Crippen molar-refractivity contribution in [2.24, 2.45) is 7.05 Å². The fourth-order valence-corrected chi connectivity index (χ4v) is 4.20. The number of hydrogen-bond donors (Lipinski definition) is 1. The van der Waals surface area contributed by atoms with Crippen LogP contribution >= 0.6 is 0 Å². The Morgan fingerprint density at radius 1 is 1.19 bits per heavy atom. The van der Waals surface area contributed by atoms with Crippen molar-refractivity contribution in [2.45, 2.75) is 17.7 Å². The molecule has 1 saturated heterocycles. The fraction of sp³-hybridized carbons (Fsp3) is 0.294. The molecule has 1 aliphatic heterocycles. The molecule has 1 aliphatic rings. The quantitative estimate of drug-likeness (QED) is 0.749. The normalized spacial score (nSPS) is 14.9. The summed E-state index contributed by atoms with van der Waals surface area (Å²) in [7, 11) is -2.30. The molecular weight excluding hydrogens is 356 g/mol. The van der Waals surface area contributed by atoms with E-state index in [1.807, 2.05) is 6.07 Å². The van der Waals surface area contributed by atoms with Crippen LogP contribution in [0.1, 0.15) is 12.8 Å². The Kier molecular flexibility index (Phi) is 3.95.